The zero-order valence-electron chi connectivity index (χ0n) is 10.9. The zero-order chi connectivity index (χ0) is 14.9. The third kappa shape index (κ3) is 2.52. The van der Waals surface area contributed by atoms with Gasteiger partial charge in [-0.1, -0.05) is 0 Å². The van der Waals surface area contributed by atoms with Gasteiger partial charge in [0.1, 0.15) is 5.75 Å². The molecule has 102 valence electrons. The van der Waals surface area contributed by atoms with E-state index in [4.69, 9.17) is 15.7 Å². The maximum absolute atomic E-state index is 13.6. The van der Waals surface area contributed by atoms with Gasteiger partial charge in [-0.25, -0.2) is 8.78 Å². The quantitative estimate of drug-likeness (QED) is 0.913. The predicted molar refractivity (Wildman–Crippen MR) is 69.3 cm³/mol. The van der Waals surface area contributed by atoms with Gasteiger partial charge in [0.05, 0.1) is 11.6 Å². The number of nitrogens with two attached hydrogens (primary N) is 1. The van der Waals surface area contributed by atoms with Gasteiger partial charge in [-0.15, -0.1) is 0 Å². The van der Waals surface area contributed by atoms with Gasteiger partial charge in [-0.05, 0) is 37.1 Å². The summed E-state index contributed by atoms with van der Waals surface area (Å²) in [6.07, 6.45) is 0. The number of benzene rings is 1. The third-order valence-corrected chi connectivity index (χ3v) is 2.71. The van der Waals surface area contributed by atoms with Crippen molar-refractivity contribution < 1.29 is 13.5 Å². The average Bonchev–Trinajstić information content (AvgIpc) is 2.39. The maximum atomic E-state index is 13.6. The molecule has 6 heteroatoms. The highest BCUT2D eigenvalue weighted by Crippen LogP contribution is 2.31. The Labute approximate surface area is 114 Å². The highest BCUT2D eigenvalue weighted by Gasteiger charge is 2.15. The van der Waals surface area contributed by atoms with E-state index in [1.165, 1.54) is 0 Å². The van der Waals surface area contributed by atoms with Crippen LogP contribution in [0.1, 0.15) is 16.7 Å². The topological polar surface area (TPSA) is 71.9 Å². The van der Waals surface area contributed by atoms with Crippen LogP contribution in [-0.4, -0.2) is 4.98 Å². The van der Waals surface area contributed by atoms with E-state index in [1.807, 2.05) is 6.07 Å². The van der Waals surface area contributed by atoms with Crippen LogP contribution in [0.5, 0.6) is 11.6 Å². The molecule has 0 saturated heterocycles. The minimum Gasteiger partial charge on any atom is -0.436 e. The summed E-state index contributed by atoms with van der Waals surface area (Å²) in [5.74, 6) is -2.37. The van der Waals surface area contributed by atoms with Crippen LogP contribution in [0.2, 0.25) is 0 Å². The molecule has 0 atom stereocenters. The lowest BCUT2D eigenvalue weighted by atomic mass is 10.1. The van der Waals surface area contributed by atoms with E-state index in [9.17, 15) is 8.78 Å². The van der Waals surface area contributed by atoms with Crippen LogP contribution in [-0.2, 0) is 0 Å². The standard InChI is InChI=1S/C14H11F2N3O/c1-7-3-9(6-17)4-8(2)12(7)20-14-11(16)5-10(15)13(18)19-14/h3-5H,1-2H3,(H2,18,19). The molecule has 20 heavy (non-hydrogen) atoms. The lowest BCUT2D eigenvalue weighted by molar-refractivity contribution is 0.413. The van der Waals surface area contributed by atoms with Crippen molar-refractivity contribution in [2.24, 2.45) is 0 Å². The van der Waals surface area contributed by atoms with Gasteiger partial charge in [-0.2, -0.15) is 10.2 Å². The molecular formula is C14H11F2N3O. The van der Waals surface area contributed by atoms with Crippen molar-refractivity contribution in [1.82, 2.24) is 4.98 Å². The molecule has 2 N–H and O–H groups in total. The van der Waals surface area contributed by atoms with Crippen LogP contribution in [0.15, 0.2) is 18.2 Å². The molecule has 2 aromatic rings. The molecule has 0 amide bonds. The zero-order valence-corrected chi connectivity index (χ0v) is 10.9. The first-order valence-electron chi connectivity index (χ1n) is 5.73. The molecule has 1 aromatic heterocycles. The summed E-state index contributed by atoms with van der Waals surface area (Å²) in [5, 5.41) is 8.86. The van der Waals surface area contributed by atoms with Crippen LogP contribution in [0, 0.1) is 36.8 Å². The van der Waals surface area contributed by atoms with Gasteiger partial charge in [0.15, 0.2) is 17.5 Å². The van der Waals surface area contributed by atoms with Gasteiger partial charge in [0.2, 0.25) is 0 Å². The van der Waals surface area contributed by atoms with Crippen molar-refractivity contribution in [3.05, 3.63) is 46.5 Å². The van der Waals surface area contributed by atoms with Crippen molar-refractivity contribution in [2.45, 2.75) is 13.8 Å². The first kappa shape index (κ1) is 13.7. The van der Waals surface area contributed by atoms with E-state index in [2.05, 4.69) is 4.98 Å². The predicted octanol–water partition coefficient (Wildman–Crippen LogP) is 3.22. The molecule has 1 aromatic carbocycles. The van der Waals surface area contributed by atoms with Crippen LogP contribution in [0.3, 0.4) is 0 Å². The smallest absolute Gasteiger partial charge is 0.258 e. The number of nitriles is 1. The third-order valence-electron chi connectivity index (χ3n) is 2.71. The minimum atomic E-state index is -0.945. The van der Waals surface area contributed by atoms with Crippen molar-refractivity contribution in [3.63, 3.8) is 0 Å². The number of aryl methyl sites for hydroxylation is 2. The number of halogens is 2. The molecule has 2 rings (SSSR count). The fourth-order valence-electron chi connectivity index (χ4n) is 1.81. The van der Waals surface area contributed by atoms with Crippen LogP contribution >= 0.6 is 0 Å². The van der Waals surface area contributed by atoms with Gasteiger partial charge < -0.3 is 10.5 Å². The van der Waals surface area contributed by atoms with Gasteiger partial charge >= 0.3 is 0 Å². The normalized spacial score (nSPS) is 10.2. The Kier molecular flexibility index (Phi) is 3.53. The van der Waals surface area contributed by atoms with E-state index in [0.717, 1.165) is 0 Å². The number of nitrogen functional groups attached to an aromatic ring is 1. The molecule has 1 heterocycles. The fourth-order valence-corrected chi connectivity index (χ4v) is 1.81. The number of ether oxygens (including phenoxy) is 1. The van der Waals surface area contributed by atoms with Gasteiger partial charge in [0, 0.05) is 6.07 Å². The molecular weight excluding hydrogens is 264 g/mol. The second kappa shape index (κ2) is 5.13. The minimum absolute atomic E-state index is 0.362. The Morgan fingerprint density at radius 2 is 1.75 bits per heavy atom. The summed E-state index contributed by atoms with van der Waals surface area (Å²) in [6, 6.07) is 5.84. The molecule has 0 unspecified atom stereocenters. The Bertz CT molecular complexity index is 700. The Morgan fingerprint density at radius 1 is 1.15 bits per heavy atom. The van der Waals surface area contributed by atoms with Crippen molar-refractivity contribution >= 4 is 5.82 Å². The summed E-state index contributed by atoms with van der Waals surface area (Å²) in [6.45, 7) is 3.43. The monoisotopic (exact) mass is 275 g/mol. The second-order valence-electron chi connectivity index (χ2n) is 4.30. The van der Waals surface area contributed by atoms with Crippen LogP contribution in [0.4, 0.5) is 14.6 Å². The van der Waals surface area contributed by atoms with E-state index < -0.39 is 23.3 Å². The molecule has 0 aliphatic carbocycles. The lowest BCUT2D eigenvalue weighted by Gasteiger charge is -2.12. The average molecular weight is 275 g/mol. The Hall–Kier alpha value is -2.68. The molecule has 0 aliphatic rings. The van der Waals surface area contributed by atoms with E-state index in [0.29, 0.717) is 28.5 Å². The number of hydrogen-bond donors (Lipinski definition) is 1. The Balaban J connectivity index is 2.46. The molecule has 0 fully saturated rings. The van der Waals surface area contributed by atoms with Crippen LogP contribution < -0.4 is 10.5 Å². The molecule has 0 spiro atoms. The first-order chi connectivity index (χ1) is 9.42. The van der Waals surface area contributed by atoms with Crippen molar-refractivity contribution in [3.8, 4) is 17.7 Å². The summed E-state index contributed by atoms with van der Waals surface area (Å²) in [7, 11) is 0. The number of rotatable bonds is 2. The van der Waals surface area contributed by atoms with Crippen molar-refractivity contribution in [1.29, 1.82) is 5.26 Å². The van der Waals surface area contributed by atoms with Gasteiger partial charge in [-0.3, -0.25) is 0 Å². The largest absolute Gasteiger partial charge is 0.436 e. The van der Waals surface area contributed by atoms with Crippen LogP contribution in [0.25, 0.3) is 0 Å². The molecule has 0 radical (unpaired) electrons. The van der Waals surface area contributed by atoms with Crippen molar-refractivity contribution in [2.75, 3.05) is 5.73 Å². The molecule has 0 bridgehead atoms. The van der Waals surface area contributed by atoms with Gasteiger partial charge in [0.25, 0.3) is 5.88 Å². The number of aromatic nitrogens is 1. The fraction of sp³-hybridized carbons (Fsp3) is 0.143. The van der Waals surface area contributed by atoms with E-state index in [-0.39, 0.29) is 0 Å². The molecule has 4 nitrogen and oxygen atoms in total. The van der Waals surface area contributed by atoms with E-state index in [1.54, 1.807) is 26.0 Å². The number of anilines is 1. The SMILES string of the molecule is Cc1cc(C#N)cc(C)c1Oc1nc(N)c(F)cc1F. The number of nitrogens with zero attached hydrogens (tertiary/aromatic N) is 2. The van der Waals surface area contributed by atoms with E-state index >= 15 is 0 Å². The summed E-state index contributed by atoms with van der Waals surface area (Å²) >= 11 is 0. The highest BCUT2D eigenvalue weighted by atomic mass is 19.1. The molecule has 0 saturated carbocycles. The first-order valence-corrected chi connectivity index (χ1v) is 5.73. The summed E-state index contributed by atoms with van der Waals surface area (Å²) in [4.78, 5) is 3.53. The summed E-state index contributed by atoms with van der Waals surface area (Å²) in [5.41, 5.74) is 7.05. The lowest BCUT2D eigenvalue weighted by Crippen LogP contribution is -2.02. The number of hydrogen-bond acceptors (Lipinski definition) is 4. The number of pyridine rings is 1. The second-order valence-corrected chi connectivity index (χ2v) is 4.30. The Morgan fingerprint density at radius 3 is 2.30 bits per heavy atom. The maximum Gasteiger partial charge on any atom is 0.258 e. The highest BCUT2D eigenvalue weighted by molar-refractivity contribution is 5.49. The summed E-state index contributed by atoms with van der Waals surface area (Å²) < 4.78 is 32.0. The molecule has 0 aliphatic heterocycles.